The maximum atomic E-state index is 11.1. The number of hydrogen-bond donors (Lipinski definition) is 1. The Labute approximate surface area is 107 Å². The van der Waals surface area contributed by atoms with Crippen LogP contribution in [0.15, 0.2) is 18.2 Å². The van der Waals surface area contributed by atoms with E-state index in [-0.39, 0.29) is 6.61 Å². The van der Waals surface area contributed by atoms with Crippen molar-refractivity contribution in [3.63, 3.8) is 0 Å². The summed E-state index contributed by atoms with van der Waals surface area (Å²) in [6.45, 7) is 2.95. The van der Waals surface area contributed by atoms with Gasteiger partial charge in [0.2, 0.25) is 0 Å². The van der Waals surface area contributed by atoms with E-state index in [1.807, 2.05) is 32.2 Å². The van der Waals surface area contributed by atoms with Gasteiger partial charge in [-0.1, -0.05) is 12.1 Å². The van der Waals surface area contributed by atoms with Gasteiger partial charge in [0, 0.05) is 12.1 Å². The molecule has 0 fully saturated rings. The molecule has 0 spiro atoms. The van der Waals surface area contributed by atoms with Crippen molar-refractivity contribution in [2.24, 2.45) is 0 Å². The Hall–Kier alpha value is -1.75. The van der Waals surface area contributed by atoms with E-state index in [0.717, 1.165) is 5.56 Å². The fourth-order valence-corrected chi connectivity index (χ4v) is 1.51. The van der Waals surface area contributed by atoms with Gasteiger partial charge in [0.1, 0.15) is 0 Å². The lowest BCUT2D eigenvalue weighted by atomic mass is 10.2. The van der Waals surface area contributed by atoms with Crippen LogP contribution < -0.4 is 14.8 Å². The minimum atomic E-state index is -0.420. The maximum absolute atomic E-state index is 11.1. The summed E-state index contributed by atoms with van der Waals surface area (Å²) in [6.07, 6.45) is 0. The first-order chi connectivity index (χ1) is 8.72. The number of carbonyl (C=O) groups is 1. The summed E-state index contributed by atoms with van der Waals surface area (Å²) in [6, 6.07) is 5.63. The Balaban J connectivity index is 2.90. The van der Waals surface area contributed by atoms with Crippen molar-refractivity contribution >= 4 is 5.97 Å². The van der Waals surface area contributed by atoms with E-state index in [1.54, 1.807) is 0 Å². The molecule has 0 aromatic heterocycles. The van der Waals surface area contributed by atoms with Crippen LogP contribution in [0.4, 0.5) is 0 Å². The highest BCUT2D eigenvalue weighted by molar-refractivity contribution is 5.71. The lowest BCUT2D eigenvalue weighted by Crippen LogP contribution is -2.15. The van der Waals surface area contributed by atoms with Gasteiger partial charge in [-0.3, -0.25) is 0 Å². The molecule has 0 saturated heterocycles. The number of carbonyl (C=O) groups excluding carboxylic acids is 1. The Morgan fingerprint density at radius 1 is 1.33 bits per heavy atom. The molecule has 0 aliphatic carbocycles. The third kappa shape index (κ3) is 3.92. The Kier molecular flexibility index (Phi) is 6.00. The molecule has 100 valence electrons. The van der Waals surface area contributed by atoms with Gasteiger partial charge >= 0.3 is 5.97 Å². The summed E-state index contributed by atoms with van der Waals surface area (Å²) in [5.41, 5.74) is 0.937. The summed E-state index contributed by atoms with van der Waals surface area (Å²) in [5, 5.41) is 3.04. The van der Waals surface area contributed by atoms with Gasteiger partial charge in [0.15, 0.2) is 18.1 Å². The molecule has 0 atom stereocenters. The minimum absolute atomic E-state index is 0.128. The molecule has 0 aliphatic heterocycles. The van der Waals surface area contributed by atoms with Crippen LogP contribution in [0.3, 0.4) is 0 Å². The van der Waals surface area contributed by atoms with Crippen LogP contribution in [0.25, 0.3) is 0 Å². The summed E-state index contributed by atoms with van der Waals surface area (Å²) in [5.74, 6) is 0.796. The molecule has 5 nitrogen and oxygen atoms in total. The summed E-state index contributed by atoms with van der Waals surface area (Å²) < 4.78 is 15.5. The number of para-hydroxylation sites is 1. The predicted octanol–water partition coefficient (Wildman–Crippen LogP) is 1.36. The van der Waals surface area contributed by atoms with E-state index in [1.165, 1.54) is 7.11 Å². The van der Waals surface area contributed by atoms with Crippen LogP contribution in [0, 0.1) is 0 Å². The largest absolute Gasteiger partial charge is 0.490 e. The molecule has 5 heteroatoms. The second kappa shape index (κ2) is 7.55. The van der Waals surface area contributed by atoms with E-state index in [9.17, 15) is 4.79 Å². The molecule has 0 radical (unpaired) electrons. The maximum Gasteiger partial charge on any atom is 0.343 e. The Morgan fingerprint density at radius 2 is 2.11 bits per heavy atom. The highest BCUT2D eigenvalue weighted by atomic mass is 16.6. The van der Waals surface area contributed by atoms with Crippen molar-refractivity contribution < 1.29 is 19.0 Å². The molecule has 0 saturated carbocycles. The van der Waals surface area contributed by atoms with Gasteiger partial charge in [-0.15, -0.1) is 0 Å². The average Bonchev–Trinajstić information content (AvgIpc) is 2.38. The first kappa shape index (κ1) is 14.3. The fourth-order valence-electron chi connectivity index (χ4n) is 1.51. The van der Waals surface area contributed by atoms with Gasteiger partial charge in [0.25, 0.3) is 0 Å². The highest BCUT2D eigenvalue weighted by Crippen LogP contribution is 2.31. The van der Waals surface area contributed by atoms with Gasteiger partial charge in [-0.25, -0.2) is 4.79 Å². The normalized spacial score (nSPS) is 9.94. The molecular formula is C13H19NO4. The lowest BCUT2D eigenvalue weighted by molar-refractivity contribution is -0.142. The van der Waals surface area contributed by atoms with Gasteiger partial charge in [-0.05, 0) is 20.0 Å². The third-order valence-corrected chi connectivity index (χ3v) is 2.29. The summed E-state index contributed by atoms with van der Waals surface area (Å²) in [4.78, 5) is 11.1. The number of methoxy groups -OCH3 is 1. The topological polar surface area (TPSA) is 56.8 Å². The van der Waals surface area contributed by atoms with Gasteiger partial charge < -0.3 is 19.5 Å². The lowest BCUT2D eigenvalue weighted by Gasteiger charge is -2.15. The number of nitrogens with one attached hydrogen (secondary N) is 1. The molecule has 18 heavy (non-hydrogen) atoms. The van der Waals surface area contributed by atoms with E-state index >= 15 is 0 Å². The standard InChI is InChI=1S/C13H19NO4/c1-4-17-11-7-5-6-10(8-14-2)13(11)18-9-12(15)16-3/h5-7,14H,4,8-9H2,1-3H3. The molecule has 0 unspecified atom stereocenters. The first-order valence-electron chi connectivity index (χ1n) is 5.81. The van der Waals surface area contributed by atoms with Crippen LogP contribution >= 0.6 is 0 Å². The van der Waals surface area contributed by atoms with Crippen LogP contribution in [0.1, 0.15) is 12.5 Å². The monoisotopic (exact) mass is 253 g/mol. The Morgan fingerprint density at radius 3 is 2.72 bits per heavy atom. The zero-order valence-electron chi connectivity index (χ0n) is 11.0. The molecule has 0 bridgehead atoms. The molecule has 1 aromatic rings. The van der Waals surface area contributed by atoms with E-state index < -0.39 is 5.97 Å². The fraction of sp³-hybridized carbons (Fsp3) is 0.462. The first-order valence-corrected chi connectivity index (χ1v) is 5.81. The number of ether oxygens (including phenoxy) is 3. The van der Waals surface area contributed by atoms with Crippen LogP contribution in [0.2, 0.25) is 0 Å². The molecule has 1 rings (SSSR count). The second-order valence-electron chi connectivity index (χ2n) is 3.57. The smallest absolute Gasteiger partial charge is 0.343 e. The van der Waals surface area contributed by atoms with Crippen molar-refractivity contribution in [3.8, 4) is 11.5 Å². The molecule has 0 aliphatic rings. The van der Waals surface area contributed by atoms with Crippen molar-refractivity contribution in [1.82, 2.24) is 5.32 Å². The minimum Gasteiger partial charge on any atom is -0.490 e. The third-order valence-electron chi connectivity index (χ3n) is 2.29. The van der Waals surface area contributed by atoms with Crippen molar-refractivity contribution in [2.75, 3.05) is 27.4 Å². The summed E-state index contributed by atoms with van der Waals surface area (Å²) in [7, 11) is 3.17. The van der Waals surface area contributed by atoms with Crippen LogP contribution in [-0.2, 0) is 16.1 Å². The van der Waals surface area contributed by atoms with E-state index in [2.05, 4.69) is 10.1 Å². The SMILES string of the molecule is CCOc1cccc(CNC)c1OCC(=O)OC. The van der Waals surface area contributed by atoms with Crippen LogP contribution in [-0.4, -0.2) is 33.3 Å². The molecule has 0 heterocycles. The van der Waals surface area contributed by atoms with E-state index in [0.29, 0.717) is 24.7 Å². The van der Waals surface area contributed by atoms with Gasteiger partial charge in [-0.2, -0.15) is 0 Å². The quantitative estimate of drug-likeness (QED) is 0.743. The zero-order valence-corrected chi connectivity index (χ0v) is 11.0. The van der Waals surface area contributed by atoms with Crippen molar-refractivity contribution in [1.29, 1.82) is 0 Å². The number of esters is 1. The molecular weight excluding hydrogens is 234 g/mol. The summed E-state index contributed by atoms with van der Waals surface area (Å²) >= 11 is 0. The molecule has 1 aromatic carbocycles. The zero-order chi connectivity index (χ0) is 13.4. The van der Waals surface area contributed by atoms with Gasteiger partial charge in [0.05, 0.1) is 13.7 Å². The van der Waals surface area contributed by atoms with Crippen LogP contribution in [0.5, 0.6) is 11.5 Å². The van der Waals surface area contributed by atoms with E-state index in [4.69, 9.17) is 9.47 Å². The number of benzene rings is 1. The number of hydrogen-bond acceptors (Lipinski definition) is 5. The molecule has 0 amide bonds. The average molecular weight is 253 g/mol. The highest BCUT2D eigenvalue weighted by Gasteiger charge is 2.12. The number of rotatable bonds is 7. The molecule has 1 N–H and O–H groups in total. The van der Waals surface area contributed by atoms with Crippen molar-refractivity contribution in [3.05, 3.63) is 23.8 Å². The Bertz CT molecular complexity index is 368. The second-order valence-corrected chi connectivity index (χ2v) is 3.57. The van der Waals surface area contributed by atoms with Crippen molar-refractivity contribution in [2.45, 2.75) is 13.5 Å². The predicted molar refractivity (Wildman–Crippen MR) is 67.9 cm³/mol.